The molecule has 0 unspecified atom stereocenters. The number of hydrogen-bond acceptors (Lipinski definition) is 4. The molecule has 2 aromatic rings. The van der Waals surface area contributed by atoms with Gasteiger partial charge in [0, 0.05) is 18.5 Å². The average molecular weight is 287 g/mol. The summed E-state index contributed by atoms with van der Waals surface area (Å²) in [4.78, 5) is 35.7. The van der Waals surface area contributed by atoms with Gasteiger partial charge in [0.15, 0.2) is 5.78 Å². The van der Waals surface area contributed by atoms with E-state index in [0.29, 0.717) is 17.5 Å². The highest BCUT2D eigenvalue weighted by Crippen LogP contribution is 2.18. The second-order valence-corrected chi connectivity index (χ2v) is 4.91. The number of aromatic nitrogens is 1. The van der Waals surface area contributed by atoms with Crippen LogP contribution >= 0.6 is 0 Å². The predicted octanol–water partition coefficient (Wildman–Crippen LogP) is 2.43. The van der Waals surface area contributed by atoms with Crippen molar-refractivity contribution in [1.29, 1.82) is 0 Å². The van der Waals surface area contributed by atoms with Crippen molar-refractivity contribution in [2.45, 2.75) is 33.2 Å². The first-order valence-corrected chi connectivity index (χ1v) is 6.82. The molecular weight excluding hydrogens is 270 g/mol. The monoisotopic (exact) mass is 287 g/mol. The summed E-state index contributed by atoms with van der Waals surface area (Å²) in [5.74, 6) is -0.739. The quantitative estimate of drug-likeness (QED) is 0.625. The molecule has 0 fully saturated rings. The van der Waals surface area contributed by atoms with Crippen LogP contribution in [0.3, 0.4) is 0 Å². The van der Waals surface area contributed by atoms with Gasteiger partial charge in [-0.3, -0.25) is 9.36 Å². The zero-order chi connectivity index (χ0) is 15.6. The molecule has 5 heteroatoms. The maximum Gasteiger partial charge on any atom is 0.422 e. The van der Waals surface area contributed by atoms with E-state index in [1.807, 2.05) is 6.92 Å². The van der Waals surface area contributed by atoms with Crippen molar-refractivity contribution in [2.24, 2.45) is 0 Å². The van der Waals surface area contributed by atoms with Crippen LogP contribution in [0.2, 0.25) is 0 Å². The maximum absolute atomic E-state index is 12.1. The Hall–Kier alpha value is -2.43. The maximum atomic E-state index is 12.1. The number of ketones is 1. The van der Waals surface area contributed by atoms with E-state index in [-0.39, 0.29) is 17.7 Å². The number of nitrogens with zero attached hydrogens (tertiary/aromatic N) is 1. The summed E-state index contributed by atoms with van der Waals surface area (Å²) in [6, 6.07) is 3.20. The van der Waals surface area contributed by atoms with E-state index in [2.05, 4.69) is 6.58 Å². The molecule has 0 saturated carbocycles. The average Bonchev–Trinajstić information content (AvgIpc) is 2.43. The minimum atomic E-state index is -0.723. The molecular formula is C16H17NO4. The molecule has 0 amide bonds. The molecule has 110 valence electrons. The van der Waals surface area contributed by atoms with Crippen LogP contribution in [0.15, 0.2) is 38.8 Å². The Labute approximate surface area is 121 Å². The molecule has 0 atom stereocenters. The molecule has 0 N–H and O–H groups in total. The predicted molar refractivity (Wildman–Crippen MR) is 80.9 cm³/mol. The number of allylic oxidation sites excluding steroid dienone is 1. The van der Waals surface area contributed by atoms with Crippen LogP contribution in [0.25, 0.3) is 10.9 Å². The van der Waals surface area contributed by atoms with Gasteiger partial charge in [-0.05, 0) is 31.0 Å². The first-order chi connectivity index (χ1) is 9.99. The molecule has 0 aliphatic heterocycles. The second kappa shape index (κ2) is 5.91. The van der Waals surface area contributed by atoms with Crippen molar-refractivity contribution >= 4 is 16.7 Å². The molecule has 2 rings (SSSR count). The minimum Gasteiger partial charge on any atom is -0.372 e. The Morgan fingerprint density at radius 3 is 2.71 bits per heavy atom. The number of aryl methyl sites for hydroxylation is 1. The second-order valence-electron chi connectivity index (χ2n) is 4.91. The molecule has 1 heterocycles. The number of Topliss-reactive ketones (excluding diaryl/α,β-unsaturated/α-hetero) is 1. The topological polar surface area (TPSA) is 69.3 Å². The van der Waals surface area contributed by atoms with E-state index < -0.39 is 11.4 Å². The van der Waals surface area contributed by atoms with Gasteiger partial charge in [-0.25, -0.2) is 9.59 Å². The Kier molecular flexibility index (Phi) is 4.21. The lowest BCUT2D eigenvalue weighted by Gasteiger charge is -2.10. The van der Waals surface area contributed by atoms with Gasteiger partial charge in [-0.1, -0.05) is 13.0 Å². The highest BCUT2D eigenvalue weighted by Gasteiger charge is 2.15. The van der Waals surface area contributed by atoms with Gasteiger partial charge in [0.1, 0.15) is 0 Å². The van der Waals surface area contributed by atoms with Gasteiger partial charge in [0.25, 0.3) is 0 Å². The number of fused-ring (bicyclic) bond motifs is 1. The Morgan fingerprint density at radius 2 is 2.10 bits per heavy atom. The summed E-state index contributed by atoms with van der Waals surface area (Å²) in [6.07, 6.45) is 2.71. The van der Waals surface area contributed by atoms with Gasteiger partial charge in [-0.2, -0.15) is 0 Å². The van der Waals surface area contributed by atoms with E-state index in [1.165, 1.54) is 10.6 Å². The van der Waals surface area contributed by atoms with Gasteiger partial charge >= 0.3 is 11.4 Å². The number of benzene rings is 1. The van der Waals surface area contributed by atoms with E-state index in [0.717, 1.165) is 12.0 Å². The molecule has 0 saturated heterocycles. The van der Waals surface area contributed by atoms with Crippen molar-refractivity contribution < 1.29 is 9.21 Å². The fourth-order valence-electron chi connectivity index (χ4n) is 2.33. The zero-order valence-corrected chi connectivity index (χ0v) is 12.1. The van der Waals surface area contributed by atoms with Crippen molar-refractivity contribution in [3.63, 3.8) is 0 Å². The fourth-order valence-corrected chi connectivity index (χ4v) is 2.33. The summed E-state index contributed by atoms with van der Waals surface area (Å²) in [7, 11) is 0. The van der Waals surface area contributed by atoms with Crippen LogP contribution in [0.4, 0.5) is 0 Å². The number of carbonyl (C=O) groups excluding carboxylic acids is 1. The van der Waals surface area contributed by atoms with E-state index in [9.17, 15) is 14.4 Å². The van der Waals surface area contributed by atoms with E-state index in [1.54, 1.807) is 19.1 Å². The summed E-state index contributed by atoms with van der Waals surface area (Å²) in [5, 5.41) is 0.238. The van der Waals surface area contributed by atoms with Crippen LogP contribution < -0.4 is 11.4 Å². The Morgan fingerprint density at radius 1 is 1.38 bits per heavy atom. The third-order valence-corrected chi connectivity index (χ3v) is 3.34. The molecule has 0 bridgehead atoms. The third-order valence-electron chi connectivity index (χ3n) is 3.34. The molecule has 21 heavy (non-hydrogen) atoms. The first-order valence-electron chi connectivity index (χ1n) is 6.82. The molecule has 5 nitrogen and oxygen atoms in total. The number of hydrogen-bond donors (Lipinski definition) is 0. The van der Waals surface area contributed by atoms with Gasteiger partial charge < -0.3 is 4.42 Å². The standard InChI is InChI=1S/C16H17NO4/c1-4-6-14(18)11-9-12-13(8-10(11)3)17(7-5-2)16(20)21-15(12)19/h5,8-9H,2,4,6-7H2,1,3H3. The van der Waals surface area contributed by atoms with Crippen molar-refractivity contribution in [2.75, 3.05) is 0 Å². The largest absolute Gasteiger partial charge is 0.422 e. The van der Waals surface area contributed by atoms with Gasteiger partial charge in [-0.15, -0.1) is 6.58 Å². The first kappa shape index (κ1) is 15.0. The van der Waals surface area contributed by atoms with Crippen LogP contribution in [0.1, 0.15) is 35.7 Å². The lowest BCUT2D eigenvalue weighted by molar-refractivity contribution is 0.0981. The minimum absolute atomic E-state index is 0.0160. The summed E-state index contributed by atoms with van der Waals surface area (Å²) in [5.41, 5.74) is 0.978. The molecule has 1 aromatic heterocycles. The van der Waals surface area contributed by atoms with Crippen molar-refractivity contribution in [1.82, 2.24) is 4.57 Å². The molecule has 0 radical (unpaired) electrons. The van der Waals surface area contributed by atoms with Crippen LogP contribution in [0, 0.1) is 6.92 Å². The van der Waals surface area contributed by atoms with Crippen LogP contribution in [0.5, 0.6) is 0 Å². The lowest BCUT2D eigenvalue weighted by atomic mass is 9.99. The van der Waals surface area contributed by atoms with Crippen molar-refractivity contribution in [3.8, 4) is 0 Å². The summed E-state index contributed by atoms with van der Waals surface area (Å²) in [6.45, 7) is 7.53. The third kappa shape index (κ3) is 2.72. The van der Waals surface area contributed by atoms with E-state index in [4.69, 9.17) is 4.42 Å². The molecule has 1 aromatic carbocycles. The lowest BCUT2D eigenvalue weighted by Crippen LogP contribution is -2.25. The molecule has 0 aliphatic carbocycles. The fraction of sp³-hybridized carbons (Fsp3) is 0.312. The SMILES string of the molecule is C=CCn1c(=O)oc(=O)c2cc(C(=O)CCC)c(C)cc21. The molecule has 0 aliphatic rings. The summed E-state index contributed by atoms with van der Waals surface area (Å²) < 4.78 is 6.03. The van der Waals surface area contributed by atoms with Crippen LogP contribution in [-0.2, 0) is 6.54 Å². The van der Waals surface area contributed by atoms with Gasteiger partial charge in [0.2, 0.25) is 0 Å². The Bertz CT molecular complexity index is 827. The number of carbonyl (C=O) groups is 1. The normalized spacial score (nSPS) is 10.8. The Balaban J connectivity index is 2.80. The highest BCUT2D eigenvalue weighted by atomic mass is 16.4. The van der Waals surface area contributed by atoms with Crippen LogP contribution in [-0.4, -0.2) is 10.4 Å². The van der Waals surface area contributed by atoms with Crippen molar-refractivity contribution in [3.05, 3.63) is 56.9 Å². The zero-order valence-electron chi connectivity index (χ0n) is 12.1. The van der Waals surface area contributed by atoms with Gasteiger partial charge in [0.05, 0.1) is 10.9 Å². The smallest absolute Gasteiger partial charge is 0.372 e. The highest BCUT2D eigenvalue weighted by molar-refractivity contribution is 6.00. The molecule has 0 spiro atoms. The number of rotatable bonds is 5. The summed E-state index contributed by atoms with van der Waals surface area (Å²) >= 11 is 0. The van der Waals surface area contributed by atoms with E-state index >= 15 is 0 Å².